The number of aromatic nitrogens is 1. The number of rotatable bonds is 6. The molecule has 0 fully saturated rings. The molecule has 0 saturated heterocycles. The molecule has 3 nitrogen and oxygen atoms in total. The van der Waals surface area contributed by atoms with Crippen molar-refractivity contribution in [3.05, 3.63) is 102 Å². The molecule has 0 spiro atoms. The normalized spacial score (nSPS) is 11.8. The standard InChI is InChI=1S/C23H25N2O/c1-19-11-9-10-16-25(19)20(2)23(26)24(17-21-12-5-3-6-13-21)18-22-14-7-4-8-15-22/h3-16,20H,17-18H2,1-2H3/q+1/t20-/m1/s1. The largest absolute Gasteiger partial charge is 0.328 e. The number of hydrogen-bond donors (Lipinski definition) is 0. The molecule has 0 saturated carbocycles. The first-order chi connectivity index (χ1) is 12.6. The second kappa shape index (κ2) is 8.43. The first kappa shape index (κ1) is 17.9. The van der Waals surface area contributed by atoms with Crippen LogP contribution in [0.5, 0.6) is 0 Å². The molecule has 1 aromatic heterocycles. The summed E-state index contributed by atoms with van der Waals surface area (Å²) in [5.74, 6) is 0.122. The SMILES string of the molecule is Cc1cccc[n+]1[C@H](C)C(=O)N(Cc1ccccc1)Cc1ccccc1. The van der Waals surface area contributed by atoms with E-state index < -0.39 is 0 Å². The van der Waals surface area contributed by atoms with Gasteiger partial charge in [0, 0.05) is 39.1 Å². The van der Waals surface area contributed by atoms with Gasteiger partial charge < -0.3 is 4.90 Å². The molecule has 132 valence electrons. The Hall–Kier alpha value is -2.94. The lowest BCUT2D eigenvalue weighted by atomic mass is 10.1. The van der Waals surface area contributed by atoms with E-state index in [-0.39, 0.29) is 11.9 Å². The summed E-state index contributed by atoms with van der Waals surface area (Å²) in [5, 5.41) is 0. The van der Waals surface area contributed by atoms with Crippen LogP contribution in [0.3, 0.4) is 0 Å². The molecule has 1 heterocycles. The lowest BCUT2D eigenvalue weighted by molar-refractivity contribution is -0.712. The molecule has 0 unspecified atom stereocenters. The van der Waals surface area contributed by atoms with Gasteiger partial charge in [0.2, 0.25) is 6.04 Å². The molecule has 0 aliphatic carbocycles. The zero-order chi connectivity index (χ0) is 18.4. The van der Waals surface area contributed by atoms with Crippen molar-refractivity contribution < 1.29 is 9.36 Å². The molecule has 1 atom stereocenters. The Bertz CT molecular complexity index is 805. The van der Waals surface area contributed by atoms with E-state index in [1.807, 2.05) is 84.1 Å². The maximum atomic E-state index is 13.3. The average molecular weight is 345 g/mol. The van der Waals surface area contributed by atoms with Gasteiger partial charge in [-0.3, -0.25) is 4.79 Å². The number of carbonyl (C=O) groups excluding carboxylic acids is 1. The average Bonchev–Trinajstić information content (AvgIpc) is 2.68. The Labute approximate surface area is 155 Å². The fourth-order valence-electron chi connectivity index (χ4n) is 3.18. The van der Waals surface area contributed by atoms with Crippen LogP contribution < -0.4 is 4.57 Å². The van der Waals surface area contributed by atoms with Crippen molar-refractivity contribution in [1.29, 1.82) is 0 Å². The van der Waals surface area contributed by atoms with Gasteiger partial charge in [0.15, 0.2) is 11.9 Å². The highest BCUT2D eigenvalue weighted by Crippen LogP contribution is 2.14. The third-order valence-electron chi connectivity index (χ3n) is 4.62. The van der Waals surface area contributed by atoms with Gasteiger partial charge in [-0.05, 0) is 11.1 Å². The Morgan fingerprint density at radius 3 is 1.85 bits per heavy atom. The van der Waals surface area contributed by atoms with Crippen LogP contribution in [0.1, 0.15) is 29.8 Å². The Morgan fingerprint density at radius 2 is 1.35 bits per heavy atom. The van der Waals surface area contributed by atoms with Gasteiger partial charge in [0.25, 0.3) is 5.91 Å². The van der Waals surface area contributed by atoms with E-state index >= 15 is 0 Å². The molecule has 0 aliphatic heterocycles. The molecule has 3 aromatic rings. The minimum atomic E-state index is -0.247. The summed E-state index contributed by atoms with van der Waals surface area (Å²) in [7, 11) is 0. The molecule has 1 amide bonds. The van der Waals surface area contributed by atoms with Crippen LogP contribution >= 0.6 is 0 Å². The van der Waals surface area contributed by atoms with Crippen molar-refractivity contribution in [3.8, 4) is 0 Å². The van der Waals surface area contributed by atoms with E-state index in [9.17, 15) is 4.79 Å². The minimum absolute atomic E-state index is 0.122. The second-order valence-electron chi connectivity index (χ2n) is 6.59. The summed E-state index contributed by atoms with van der Waals surface area (Å²) in [4.78, 5) is 15.2. The molecule has 0 N–H and O–H groups in total. The maximum absolute atomic E-state index is 13.3. The summed E-state index contributed by atoms with van der Waals surface area (Å²) in [6.07, 6.45) is 1.97. The van der Waals surface area contributed by atoms with Crippen LogP contribution in [0, 0.1) is 6.92 Å². The lowest BCUT2D eigenvalue weighted by Crippen LogP contribution is -2.49. The number of carbonyl (C=O) groups is 1. The molecule has 0 aliphatic rings. The van der Waals surface area contributed by atoms with Crippen molar-refractivity contribution in [2.45, 2.75) is 33.0 Å². The van der Waals surface area contributed by atoms with Gasteiger partial charge in [0.1, 0.15) is 0 Å². The van der Waals surface area contributed by atoms with E-state index in [1.54, 1.807) is 0 Å². The highest BCUT2D eigenvalue weighted by molar-refractivity contribution is 5.78. The first-order valence-corrected chi connectivity index (χ1v) is 8.98. The van der Waals surface area contributed by atoms with Gasteiger partial charge in [-0.25, -0.2) is 0 Å². The number of amides is 1. The molecule has 0 bridgehead atoms. The van der Waals surface area contributed by atoms with E-state index in [0.717, 1.165) is 16.8 Å². The van der Waals surface area contributed by atoms with Crippen LogP contribution in [-0.2, 0) is 17.9 Å². The summed E-state index contributed by atoms with van der Waals surface area (Å²) in [5.41, 5.74) is 3.35. The molecule has 2 aromatic carbocycles. The highest BCUT2D eigenvalue weighted by Gasteiger charge is 2.28. The summed E-state index contributed by atoms with van der Waals surface area (Å²) in [6, 6.07) is 26.1. The third kappa shape index (κ3) is 4.37. The molecule has 3 heteroatoms. The van der Waals surface area contributed by atoms with Crippen LogP contribution in [0.2, 0.25) is 0 Å². The predicted octanol–water partition coefficient (Wildman–Crippen LogP) is 4.07. The molecular weight excluding hydrogens is 320 g/mol. The Kier molecular flexibility index (Phi) is 5.80. The van der Waals surface area contributed by atoms with Crippen molar-refractivity contribution in [3.63, 3.8) is 0 Å². The fourth-order valence-corrected chi connectivity index (χ4v) is 3.18. The molecule has 26 heavy (non-hydrogen) atoms. The summed E-state index contributed by atoms with van der Waals surface area (Å²) >= 11 is 0. The minimum Gasteiger partial charge on any atom is -0.328 e. The molecular formula is C23H25N2O+. The van der Waals surface area contributed by atoms with Crippen molar-refractivity contribution in [2.24, 2.45) is 0 Å². The van der Waals surface area contributed by atoms with Gasteiger partial charge >= 0.3 is 0 Å². The smallest absolute Gasteiger partial charge is 0.291 e. The van der Waals surface area contributed by atoms with Crippen LogP contribution in [-0.4, -0.2) is 10.8 Å². The van der Waals surface area contributed by atoms with E-state index in [2.05, 4.69) is 24.3 Å². The van der Waals surface area contributed by atoms with Crippen molar-refractivity contribution >= 4 is 5.91 Å². The quantitative estimate of drug-likeness (QED) is 0.618. The van der Waals surface area contributed by atoms with Gasteiger partial charge in [0.05, 0.1) is 0 Å². The molecule has 3 rings (SSSR count). The van der Waals surface area contributed by atoms with E-state index in [1.165, 1.54) is 0 Å². The van der Waals surface area contributed by atoms with Crippen molar-refractivity contribution in [2.75, 3.05) is 0 Å². The van der Waals surface area contributed by atoms with Gasteiger partial charge in [-0.2, -0.15) is 4.57 Å². The van der Waals surface area contributed by atoms with Gasteiger partial charge in [-0.1, -0.05) is 66.7 Å². The first-order valence-electron chi connectivity index (χ1n) is 8.98. The second-order valence-corrected chi connectivity index (χ2v) is 6.59. The van der Waals surface area contributed by atoms with Crippen LogP contribution in [0.15, 0.2) is 85.1 Å². The third-order valence-corrected chi connectivity index (χ3v) is 4.62. The summed E-state index contributed by atoms with van der Waals surface area (Å²) < 4.78 is 2.03. The molecule has 0 radical (unpaired) electrons. The number of pyridine rings is 1. The highest BCUT2D eigenvalue weighted by atomic mass is 16.2. The number of hydrogen-bond acceptors (Lipinski definition) is 1. The zero-order valence-corrected chi connectivity index (χ0v) is 15.4. The zero-order valence-electron chi connectivity index (χ0n) is 15.4. The summed E-state index contributed by atoms with van der Waals surface area (Å²) in [6.45, 7) is 5.21. The predicted molar refractivity (Wildman–Crippen MR) is 103 cm³/mol. The number of aryl methyl sites for hydroxylation is 1. The monoisotopic (exact) mass is 345 g/mol. The Morgan fingerprint density at radius 1 is 0.846 bits per heavy atom. The van der Waals surface area contributed by atoms with E-state index in [4.69, 9.17) is 0 Å². The number of benzene rings is 2. The maximum Gasteiger partial charge on any atom is 0.291 e. The number of nitrogens with zero attached hydrogens (tertiary/aromatic N) is 2. The fraction of sp³-hybridized carbons (Fsp3) is 0.217. The van der Waals surface area contributed by atoms with Crippen LogP contribution in [0.4, 0.5) is 0 Å². The van der Waals surface area contributed by atoms with Gasteiger partial charge in [-0.15, -0.1) is 0 Å². The van der Waals surface area contributed by atoms with Crippen LogP contribution in [0.25, 0.3) is 0 Å². The topological polar surface area (TPSA) is 24.2 Å². The Balaban J connectivity index is 1.86. The lowest BCUT2D eigenvalue weighted by Gasteiger charge is -2.24. The van der Waals surface area contributed by atoms with Crippen molar-refractivity contribution in [1.82, 2.24) is 4.90 Å². The van der Waals surface area contributed by atoms with E-state index in [0.29, 0.717) is 13.1 Å².